The lowest BCUT2D eigenvalue weighted by Gasteiger charge is -2.11. The van der Waals surface area contributed by atoms with Gasteiger partial charge in [-0.15, -0.1) is 0 Å². The molecule has 0 bridgehead atoms. The number of hydrogen-bond donors (Lipinski definition) is 0. The molecule has 94 valence electrons. The lowest BCUT2D eigenvalue weighted by atomic mass is 10.1. The molecule has 0 unspecified atom stereocenters. The Hall–Kier alpha value is -1.59. The van der Waals surface area contributed by atoms with Crippen LogP contribution < -0.4 is 4.74 Å². The highest BCUT2D eigenvalue weighted by Crippen LogP contribution is 2.33. The Balaban J connectivity index is 3.01. The molecule has 0 saturated carbocycles. The summed E-state index contributed by atoms with van der Waals surface area (Å²) in [4.78, 5) is 0. The van der Waals surface area contributed by atoms with Crippen LogP contribution in [0.1, 0.15) is 11.1 Å². The molecule has 0 aliphatic carbocycles. The van der Waals surface area contributed by atoms with E-state index in [1.54, 1.807) is 0 Å². The van der Waals surface area contributed by atoms with E-state index in [4.69, 9.17) is 0 Å². The fraction of sp³-hybridized carbons (Fsp3) is 0.273. The zero-order chi connectivity index (χ0) is 13.1. The molecule has 0 atom stereocenters. The number of halogens is 5. The van der Waals surface area contributed by atoms with Gasteiger partial charge in [0.05, 0.1) is 5.56 Å². The molecule has 1 nitrogen and oxygen atoms in total. The van der Waals surface area contributed by atoms with Crippen LogP contribution >= 0.6 is 0 Å². The molecule has 1 rings (SSSR count). The van der Waals surface area contributed by atoms with E-state index in [9.17, 15) is 22.0 Å². The molecule has 1 aromatic carbocycles. The Morgan fingerprint density at radius 3 is 2.35 bits per heavy atom. The summed E-state index contributed by atoms with van der Waals surface area (Å²) in [6.45, 7) is 2.37. The van der Waals surface area contributed by atoms with Crippen LogP contribution in [0.25, 0.3) is 6.08 Å². The number of rotatable bonds is 4. The predicted octanol–water partition coefficient (Wildman–Crippen LogP) is 3.99. The molecule has 0 aliphatic heterocycles. The summed E-state index contributed by atoms with van der Waals surface area (Å²) < 4.78 is 65.6. The first-order valence-corrected chi connectivity index (χ1v) is 4.58. The van der Waals surface area contributed by atoms with E-state index in [-0.39, 0.29) is 11.3 Å². The fourth-order valence-corrected chi connectivity index (χ4v) is 1.15. The van der Waals surface area contributed by atoms with Crippen molar-refractivity contribution in [3.05, 3.63) is 35.9 Å². The lowest BCUT2D eigenvalue weighted by molar-refractivity contribution is -0.137. The Morgan fingerprint density at radius 2 is 1.88 bits per heavy atom. The molecule has 0 heterocycles. The Bertz CT molecular complexity index is 397. The first-order valence-electron chi connectivity index (χ1n) is 4.58. The molecule has 6 heteroatoms. The zero-order valence-electron chi connectivity index (χ0n) is 8.60. The molecule has 1 aromatic rings. The van der Waals surface area contributed by atoms with E-state index in [0.29, 0.717) is 6.07 Å². The largest absolute Gasteiger partial charge is 0.488 e. The van der Waals surface area contributed by atoms with Gasteiger partial charge in [-0.3, -0.25) is 0 Å². The van der Waals surface area contributed by atoms with E-state index in [0.717, 1.165) is 6.07 Å². The number of benzene rings is 1. The summed E-state index contributed by atoms with van der Waals surface area (Å²) in [6, 6.07) is 2.75. The summed E-state index contributed by atoms with van der Waals surface area (Å²) >= 11 is 0. The lowest BCUT2D eigenvalue weighted by Crippen LogP contribution is -2.09. The van der Waals surface area contributed by atoms with Crippen LogP contribution in [0.4, 0.5) is 22.0 Å². The quantitative estimate of drug-likeness (QED) is 0.736. The van der Waals surface area contributed by atoms with Gasteiger partial charge in [0.15, 0.2) is 0 Å². The van der Waals surface area contributed by atoms with E-state index in [1.165, 1.54) is 12.1 Å². The van der Waals surface area contributed by atoms with Crippen molar-refractivity contribution in [1.29, 1.82) is 0 Å². The van der Waals surface area contributed by atoms with Gasteiger partial charge in [0.25, 0.3) is 6.43 Å². The monoisotopic (exact) mass is 252 g/mol. The molecule has 0 radical (unpaired) electrons. The first kappa shape index (κ1) is 13.5. The van der Waals surface area contributed by atoms with Crippen LogP contribution in [-0.2, 0) is 6.18 Å². The van der Waals surface area contributed by atoms with Crippen LogP contribution in [0.2, 0.25) is 0 Å². The fourth-order valence-electron chi connectivity index (χ4n) is 1.15. The summed E-state index contributed by atoms with van der Waals surface area (Å²) in [5, 5.41) is 0. The third kappa shape index (κ3) is 4.05. The van der Waals surface area contributed by atoms with Gasteiger partial charge < -0.3 is 4.74 Å². The van der Waals surface area contributed by atoms with Crippen LogP contribution in [0.3, 0.4) is 0 Å². The highest BCUT2D eigenvalue weighted by Gasteiger charge is 2.31. The van der Waals surface area contributed by atoms with Crippen molar-refractivity contribution in [2.45, 2.75) is 12.6 Å². The molecule has 0 aliphatic rings. The maximum Gasteiger partial charge on any atom is 0.416 e. The number of alkyl halides is 5. The molecule has 0 spiro atoms. The second kappa shape index (κ2) is 5.16. The normalized spacial score (nSPS) is 11.6. The van der Waals surface area contributed by atoms with Crippen LogP contribution in [0, 0.1) is 0 Å². The maximum absolute atomic E-state index is 12.4. The maximum atomic E-state index is 12.4. The van der Waals surface area contributed by atoms with E-state index in [1.807, 2.05) is 0 Å². The number of hydrogen-bond acceptors (Lipinski definition) is 1. The molecule has 17 heavy (non-hydrogen) atoms. The average Bonchev–Trinajstić information content (AvgIpc) is 2.24. The molecule has 0 N–H and O–H groups in total. The Morgan fingerprint density at radius 1 is 1.24 bits per heavy atom. The van der Waals surface area contributed by atoms with Gasteiger partial charge in [0.2, 0.25) is 0 Å². The van der Waals surface area contributed by atoms with Gasteiger partial charge in [0.1, 0.15) is 12.4 Å². The Kier molecular flexibility index (Phi) is 4.09. The molecule has 0 aromatic heterocycles. The average molecular weight is 252 g/mol. The molecule has 0 fully saturated rings. The van der Waals surface area contributed by atoms with Crippen LogP contribution in [0.5, 0.6) is 5.75 Å². The smallest absolute Gasteiger partial charge is 0.416 e. The summed E-state index contributed by atoms with van der Waals surface area (Å²) in [7, 11) is 0. The van der Waals surface area contributed by atoms with Crippen molar-refractivity contribution in [3.8, 4) is 5.75 Å². The third-order valence-corrected chi connectivity index (χ3v) is 1.87. The Labute approximate surface area is 94.5 Å². The number of ether oxygens (including phenoxy) is 1. The van der Waals surface area contributed by atoms with Gasteiger partial charge in [-0.25, -0.2) is 8.78 Å². The van der Waals surface area contributed by atoms with Crippen molar-refractivity contribution < 1.29 is 26.7 Å². The van der Waals surface area contributed by atoms with E-state index in [2.05, 4.69) is 11.3 Å². The van der Waals surface area contributed by atoms with Gasteiger partial charge in [-0.05, 0) is 23.8 Å². The summed E-state index contributed by atoms with van der Waals surface area (Å²) in [6.07, 6.45) is -6.11. The van der Waals surface area contributed by atoms with Crippen LogP contribution in [-0.4, -0.2) is 13.0 Å². The summed E-state index contributed by atoms with van der Waals surface area (Å²) in [5.41, 5.74) is -0.803. The molecule has 0 amide bonds. The molecular formula is C11H9F5O. The minimum Gasteiger partial charge on any atom is -0.488 e. The first-order chi connectivity index (χ1) is 7.82. The van der Waals surface area contributed by atoms with Crippen molar-refractivity contribution >= 4 is 6.08 Å². The third-order valence-electron chi connectivity index (χ3n) is 1.87. The summed E-state index contributed by atoms with van der Waals surface area (Å²) in [5.74, 6) is -0.255. The highest BCUT2D eigenvalue weighted by atomic mass is 19.4. The van der Waals surface area contributed by atoms with Crippen molar-refractivity contribution in [1.82, 2.24) is 0 Å². The van der Waals surface area contributed by atoms with Gasteiger partial charge in [-0.2, -0.15) is 13.2 Å². The second-order valence-electron chi connectivity index (χ2n) is 3.19. The zero-order valence-corrected chi connectivity index (χ0v) is 8.60. The van der Waals surface area contributed by atoms with Crippen molar-refractivity contribution in [3.63, 3.8) is 0 Å². The minimum atomic E-state index is -4.55. The van der Waals surface area contributed by atoms with Crippen molar-refractivity contribution in [2.24, 2.45) is 0 Å². The van der Waals surface area contributed by atoms with Gasteiger partial charge in [-0.1, -0.05) is 12.7 Å². The second-order valence-corrected chi connectivity index (χ2v) is 3.19. The van der Waals surface area contributed by atoms with Crippen molar-refractivity contribution in [2.75, 3.05) is 6.61 Å². The molecule has 0 saturated heterocycles. The standard InChI is InChI=1S/C11H9F5O/c1-2-7-3-8(11(14,15)16)5-9(4-7)17-6-10(12)13/h2-5,10H,1,6H2. The SMILES string of the molecule is C=Cc1cc(OCC(F)F)cc(C(F)(F)F)c1. The topological polar surface area (TPSA) is 9.23 Å². The van der Waals surface area contributed by atoms with E-state index >= 15 is 0 Å². The van der Waals surface area contributed by atoms with E-state index < -0.39 is 24.8 Å². The van der Waals surface area contributed by atoms with Gasteiger partial charge in [0, 0.05) is 0 Å². The molecular weight excluding hydrogens is 243 g/mol. The van der Waals surface area contributed by atoms with Gasteiger partial charge >= 0.3 is 6.18 Å². The predicted molar refractivity (Wildman–Crippen MR) is 53.0 cm³/mol. The van der Waals surface area contributed by atoms with Crippen LogP contribution in [0.15, 0.2) is 24.8 Å². The minimum absolute atomic E-state index is 0.157. The highest BCUT2D eigenvalue weighted by molar-refractivity contribution is 5.52.